The van der Waals surface area contributed by atoms with Gasteiger partial charge in [0, 0.05) is 47.7 Å². The minimum absolute atomic E-state index is 0.106. The normalized spacial score (nSPS) is 14.5. The third kappa shape index (κ3) is 2.39. The van der Waals surface area contributed by atoms with Crippen molar-refractivity contribution < 1.29 is 4.79 Å². The molecule has 4 rings (SSSR count). The fourth-order valence-corrected chi connectivity index (χ4v) is 3.77. The first kappa shape index (κ1) is 14.9. The molecule has 0 saturated carbocycles. The average molecular weight is 319 g/mol. The van der Waals surface area contributed by atoms with Gasteiger partial charge in [0.25, 0.3) is 0 Å². The lowest BCUT2D eigenvalue weighted by Crippen LogP contribution is -2.18. The topological polar surface area (TPSA) is 49.0 Å². The monoisotopic (exact) mass is 319 g/mol. The molecule has 1 aromatic carbocycles. The van der Waals surface area contributed by atoms with Crippen molar-refractivity contribution in [2.45, 2.75) is 26.7 Å². The number of aromatic nitrogens is 2. The van der Waals surface area contributed by atoms with Gasteiger partial charge in [-0.2, -0.15) is 0 Å². The predicted octanol–water partition coefficient (Wildman–Crippen LogP) is 4.34. The van der Waals surface area contributed by atoms with Crippen molar-refractivity contribution in [3.8, 4) is 11.1 Å². The highest BCUT2D eigenvalue weighted by Gasteiger charge is 2.21. The molecule has 0 bridgehead atoms. The van der Waals surface area contributed by atoms with E-state index in [2.05, 4.69) is 33.1 Å². The average Bonchev–Trinajstić information content (AvgIpc) is 3.21. The third-order valence-electron chi connectivity index (χ3n) is 4.87. The van der Waals surface area contributed by atoms with Gasteiger partial charge >= 0.3 is 0 Å². The number of fused-ring (bicyclic) bond motifs is 1. The number of pyridine rings is 1. The molecular formula is C20H21N3O. The largest absolute Gasteiger partial charge is 0.370 e. The molecule has 0 atom stereocenters. The van der Waals surface area contributed by atoms with Crippen molar-refractivity contribution >= 4 is 22.4 Å². The van der Waals surface area contributed by atoms with Crippen LogP contribution in [0, 0.1) is 6.92 Å². The van der Waals surface area contributed by atoms with E-state index >= 15 is 0 Å². The molecule has 0 spiro atoms. The Hall–Kier alpha value is -2.62. The molecule has 1 fully saturated rings. The number of aryl methyl sites for hydroxylation is 1. The molecule has 4 heteroatoms. The number of nitrogens with zero attached hydrogens (tertiary/aromatic N) is 2. The Morgan fingerprint density at radius 1 is 1.21 bits per heavy atom. The van der Waals surface area contributed by atoms with E-state index < -0.39 is 0 Å². The zero-order valence-corrected chi connectivity index (χ0v) is 14.1. The van der Waals surface area contributed by atoms with Crippen LogP contribution in [0.1, 0.15) is 35.8 Å². The first-order valence-electron chi connectivity index (χ1n) is 8.48. The first-order valence-corrected chi connectivity index (χ1v) is 8.48. The lowest BCUT2D eigenvalue weighted by Gasteiger charge is -2.20. The standard InChI is InChI=1S/C20H21N3O/c1-13-19(14(2)24)17-10-16(15-6-5-7-21-12-15)11-18(20(17)22-13)23-8-3-4-9-23/h5-7,10-12,22H,3-4,8-9H2,1-2H3. The molecule has 24 heavy (non-hydrogen) atoms. The van der Waals surface area contributed by atoms with Gasteiger partial charge in [-0.1, -0.05) is 6.07 Å². The van der Waals surface area contributed by atoms with Crippen LogP contribution in [0.4, 0.5) is 5.69 Å². The number of Topliss-reactive ketones (excluding diaryl/α,β-unsaturated/α-hetero) is 1. The van der Waals surface area contributed by atoms with Gasteiger partial charge in [0.15, 0.2) is 5.78 Å². The van der Waals surface area contributed by atoms with Crippen LogP contribution in [0.15, 0.2) is 36.7 Å². The van der Waals surface area contributed by atoms with Gasteiger partial charge in [-0.05, 0) is 50.5 Å². The van der Waals surface area contributed by atoms with Gasteiger partial charge in [0.1, 0.15) is 0 Å². The van der Waals surface area contributed by atoms with Crippen LogP contribution in [0.5, 0.6) is 0 Å². The second-order valence-electron chi connectivity index (χ2n) is 6.53. The molecule has 3 heterocycles. The van der Waals surface area contributed by atoms with Gasteiger partial charge in [-0.3, -0.25) is 9.78 Å². The Labute approximate surface area is 141 Å². The van der Waals surface area contributed by atoms with E-state index in [9.17, 15) is 4.79 Å². The highest BCUT2D eigenvalue weighted by atomic mass is 16.1. The number of H-pyrrole nitrogens is 1. The fourth-order valence-electron chi connectivity index (χ4n) is 3.77. The summed E-state index contributed by atoms with van der Waals surface area (Å²) >= 11 is 0. The number of benzene rings is 1. The van der Waals surface area contributed by atoms with E-state index in [0.717, 1.165) is 46.4 Å². The number of anilines is 1. The summed E-state index contributed by atoms with van der Waals surface area (Å²) < 4.78 is 0. The summed E-state index contributed by atoms with van der Waals surface area (Å²) in [7, 11) is 0. The van der Waals surface area contributed by atoms with E-state index in [1.165, 1.54) is 18.5 Å². The summed E-state index contributed by atoms with van der Waals surface area (Å²) in [4.78, 5) is 22.3. The highest BCUT2D eigenvalue weighted by Crippen LogP contribution is 2.37. The van der Waals surface area contributed by atoms with E-state index in [1.807, 2.05) is 19.2 Å². The molecule has 0 aliphatic carbocycles. The smallest absolute Gasteiger partial charge is 0.162 e. The number of rotatable bonds is 3. The van der Waals surface area contributed by atoms with Crippen LogP contribution in [-0.2, 0) is 0 Å². The van der Waals surface area contributed by atoms with Crippen LogP contribution < -0.4 is 4.90 Å². The molecule has 3 aromatic rings. The van der Waals surface area contributed by atoms with Crippen molar-refractivity contribution in [2.75, 3.05) is 18.0 Å². The Kier molecular flexibility index (Phi) is 3.60. The summed E-state index contributed by atoms with van der Waals surface area (Å²) in [6.45, 7) is 5.76. The van der Waals surface area contributed by atoms with Crippen molar-refractivity contribution in [3.05, 3.63) is 47.9 Å². The van der Waals surface area contributed by atoms with Gasteiger partial charge < -0.3 is 9.88 Å². The van der Waals surface area contributed by atoms with Gasteiger partial charge in [0.05, 0.1) is 11.2 Å². The molecule has 4 nitrogen and oxygen atoms in total. The van der Waals surface area contributed by atoms with E-state index in [4.69, 9.17) is 0 Å². The third-order valence-corrected chi connectivity index (χ3v) is 4.87. The zero-order chi connectivity index (χ0) is 16.7. The van der Waals surface area contributed by atoms with Crippen LogP contribution >= 0.6 is 0 Å². The number of aromatic amines is 1. The summed E-state index contributed by atoms with van der Waals surface area (Å²) in [6, 6.07) is 8.36. The minimum atomic E-state index is 0.106. The second kappa shape index (κ2) is 5.78. The van der Waals surface area contributed by atoms with Crippen molar-refractivity contribution in [1.29, 1.82) is 0 Å². The Morgan fingerprint density at radius 2 is 2.00 bits per heavy atom. The Balaban J connectivity index is 2.01. The molecule has 0 unspecified atom stereocenters. The van der Waals surface area contributed by atoms with E-state index in [-0.39, 0.29) is 5.78 Å². The van der Waals surface area contributed by atoms with Crippen LogP contribution in [0.2, 0.25) is 0 Å². The lowest BCUT2D eigenvalue weighted by molar-refractivity contribution is 0.101. The van der Waals surface area contributed by atoms with Crippen molar-refractivity contribution in [1.82, 2.24) is 9.97 Å². The van der Waals surface area contributed by atoms with Gasteiger partial charge in [-0.25, -0.2) is 0 Å². The van der Waals surface area contributed by atoms with Crippen LogP contribution in [-0.4, -0.2) is 28.8 Å². The molecule has 1 saturated heterocycles. The summed E-state index contributed by atoms with van der Waals surface area (Å²) in [5, 5.41) is 1.02. The molecule has 1 aliphatic heterocycles. The number of ketones is 1. The minimum Gasteiger partial charge on any atom is -0.370 e. The number of carbonyl (C=O) groups excluding carboxylic acids is 1. The first-order chi connectivity index (χ1) is 11.6. The Bertz CT molecular complexity index is 906. The SMILES string of the molecule is CC(=O)c1c(C)[nH]c2c(N3CCCC3)cc(-c3cccnc3)cc12. The highest BCUT2D eigenvalue weighted by molar-refractivity contribution is 6.12. The molecule has 0 radical (unpaired) electrons. The summed E-state index contributed by atoms with van der Waals surface area (Å²) in [5.41, 5.74) is 6.20. The summed E-state index contributed by atoms with van der Waals surface area (Å²) in [6.07, 6.45) is 6.10. The van der Waals surface area contributed by atoms with Crippen LogP contribution in [0.25, 0.3) is 22.0 Å². The molecule has 1 N–H and O–H groups in total. The number of carbonyl (C=O) groups is 1. The van der Waals surface area contributed by atoms with E-state index in [1.54, 1.807) is 13.1 Å². The quantitative estimate of drug-likeness (QED) is 0.731. The van der Waals surface area contributed by atoms with Crippen molar-refractivity contribution in [2.24, 2.45) is 0 Å². The molecule has 0 amide bonds. The van der Waals surface area contributed by atoms with Crippen molar-refractivity contribution in [3.63, 3.8) is 0 Å². The number of nitrogens with one attached hydrogen (secondary N) is 1. The molecule has 1 aliphatic rings. The maximum absolute atomic E-state index is 12.2. The second-order valence-corrected chi connectivity index (χ2v) is 6.53. The maximum Gasteiger partial charge on any atom is 0.162 e. The molecular weight excluding hydrogens is 298 g/mol. The molecule has 122 valence electrons. The molecule has 2 aromatic heterocycles. The van der Waals surface area contributed by atoms with Crippen LogP contribution in [0.3, 0.4) is 0 Å². The lowest BCUT2D eigenvalue weighted by atomic mass is 10.0. The fraction of sp³-hybridized carbons (Fsp3) is 0.300. The van der Waals surface area contributed by atoms with Gasteiger partial charge in [-0.15, -0.1) is 0 Å². The van der Waals surface area contributed by atoms with Gasteiger partial charge in [0.2, 0.25) is 0 Å². The zero-order valence-electron chi connectivity index (χ0n) is 14.1. The maximum atomic E-state index is 12.2. The number of hydrogen-bond acceptors (Lipinski definition) is 3. The predicted molar refractivity (Wildman–Crippen MR) is 97.7 cm³/mol. The number of hydrogen-bond donors (Lipinski definition) is 1. The Morgan fingerprint density at radius 3 is 2.67 bits per heavy atom. The summed E-state index contributed by atoms with van der Waals surface area (Å²) in [5.74, 6) is 0.106. The van der Waals surface area contributed by atoms with E-state index in [0.29, 0.717) is 0 Å².